The van der Waals surface area contributed by atoms with Crippen molar-refractivity contribution in [2.45, 2.75) is 24.5 Å². The van der Waals surface area contributed by atoms with E-state index in [1.54, 1.807) is 19.1 Å². The van der Waals surface area contributed by atoms with E-state index < -0.39 is 22.0 Å². The molecule has 0 saturated carbocycles. The van der Waals surface area contributed by atoms with Crippen molar-refractivity contribution in [3.05, 3.63) is 65.7 Å². The number of aliphatic hydroxyl groups is 1. The predicted octanol–water partition coefficient (Wildman–Crippen LogP) is 2.44. The molecule has 0 aliphatic carbocycles. The highest BCUT2D eigenvalue weighted by molar-refractivity contribution is 7.91. The maximum absolute atomic E-state index is 11.9. The molecule has 25 heavy (non-hydrogen) atoms. The molecule has 2 aromatic carbocycles. The van der Waals surface area contributed by atoms with Gasteiger partial charge in [-0.05, 0) is 23.3 Å². The van der Waals surface area contributed by atoms with E-state index in [2.05, 4.69) is 5.32 Å². The first kappa shape index (κ1) is 19.0. The highest BCUT2D eigenvalue weighted by Gasteiger charge is 2.17. The van der Waals surface area contributed by atoms with E-state index in [1.807, 2.05) is 30.3 Å². The molecule has 1 unspecified atom stereocenters. The zero-order valence-electron chi connectivity index (χ0n) is 13.9. The van der Waals surface area contributed by atoms with Crippen LogP contribution in [0.15, 0.2) is 59.5 Å². The first-order valence-electron chi connectivity index (χ1n) is 7.87. The lowest BCUT2D eigenvalue weighted by atomic mass is 10.1. The molecule has 2 aromatic rings. The van der Waals surface area contributed by atoms with Gasteiger partial charge in [-0.3, -0.25) is 0 Å². The minimum atomic E-state index is -3.28. The molecule has 134 valence electrons. The van der Waals surface area contributed by atoms with Crippen molar-refractivity contribution < 1.29 is 23.1 Å². The van der Waals surface area contributed by atoms with Crippen LogP contribution in [0, 0.1) is 0 Å². The minimum absolute atomic E-state index is 0.0137. The van der Waals surface area contributed by atoms with Gasteiger partial charge < -0.3 is 15.2 Å². The fraction of sp³-hybridized carbons (Fsp3) is 0.278. The van der Waals surface area contributed by atoms with Crippen LogP contribution < -0.4 is 5.32 Å². The molecule has 2 N–H and O–H groups in total. The molecule has 0 aliphatic rings. The minimum Gasteiger partial charge on any atom is -0.445 e. The number of aliphatic hydroxyl groups excluding tert-OH is 1. The van der Waals surface area contributed by atoms with E-state index in [-0.39, 0.29) is 23.9 Å². The van der Waals surface area contributed by atoms with Crippen molar-refractivity contribution in [3.8, 4) is 0 Å². The largest absolute Gasteiger partial charge is 0.445 e. The number of hydrogen-bond donors (Lipinski definition) is 2. The zero-order valence-corrected chi connectivity index (χ0v) is 14.7. The summed E-state index contributed by atoms with van der Waals surface area (Å²) in [6.45, 7) is 1.36. The monoisotopic (exact) mass is 363 g/mol. The third kappa shape index (κ3) is 5.30. The number of sulfone groups is 1. The molecule has 0 radical (unpaired) electrons. The average molecular weight is 363 g/mol. The molecule has 2 rings (SSSR count). The molecule has 0 aromatic heterocycles. The number of carbonyl (C=O) groups excluding carboxylic acids is 1. The molecule has 0 fully saturated rings. The molecule has 7 heteroatoms. The normalized spacial score (nSPS) is 12.4. The van der Waals surface area contributed by atoms with Crippen molar-refractivity contribution in [2.75, 3.05) is 12.4 Å². The van der Waals surface area contributed by atoms with E-state index in [4.69, 9.17) is 4.74 Å². The highest BCUT2D eigenvalue weighted by Crippen LogP contribution is 2.17. The van der Waals surface area contributed by atoms with Gasteiger partial charge in [0.05, 0.1) is 23.3 Å². The predicted molar refractivity (Wildman–Crippen MR) is 93.8 cm³/mol. The van der Waals surface area contributed by atoms with E-state index in [0.29, 0.717) is 5.56 Å². The number of rotatable bonds is 7. The van der Waals surface area contributed by atoms with Crippen LogP contribution in [0.2, 0.25) is 0 Å². The lowest BCUT2D eigenvalue weighted by Gasteiger charge is -2.17. The summed E-state index contributed by atoms with van der Waals surface area (Å²) in [4.78, 5) is 12.1. The second-order valence-corrected chi connectivity index (χ2v) is 7.69. The van der Waals surface area contributed by atoms with Crippen molar-refractivity contribution in [2.24, 2.45) is 0 Å². The molecule has 0 heterocycles. The van der Waals surface area contributed by atoms with Crippen LogP contribution in [-0.2, 0) is 21.2 Å². The Morgan fingerprint density at radius 3 is 2.32 bits per heavy atom. The van der Waals surface area contributed by atoms with Gasteiger partial charge in [0, 0.05) is 0 Å². The Balaban J connectivity index is 1.98. The second kappa shape index (κ2) is 8.64. The fourth-order valence-corrected chi connectivity index (χ4v) is 3.10. The van der Waals surface area contributed by atoms with Crippen molar-refractivity contribution >= 4 is 15.9 Å². The van der Waals surface area contributed by atoms with Crippen LogP contribution in [0.25, 0.3) is 0 Å². The van der Waals surface area contributed by atoms with Crippen molar-refractivity contribution in [1.82, 2.24) is 5.32 Å². The third-order valence-electron chi connectivity index (χ3n) is 3.71. The number of nitrogens with one attached hydrogen (secondary N) is 1. The van der Waals surface area contributed by atoms with Gasteiger partial charge in [0.25, 0.3) is 0 Å². The topological polar surface area (TPSA) is 92.7 Å². The molecule has 0 bridgehead atoms. The summed E-state index contributed by atoms with van der Waals surface area (Å²) < 4.78 is 28.7. The number of ether oxygens (including phenoxy) is 1. The van der Waals surface area contributed by atoms with E-state index in [1.165, 1.54) is 12.1 Å². The Labute approximate surface area is 147 Å². The summed E-state index contributed by atoms with van der Waals surface area (Å²) in [5, 5.41) is 12.1. The van der Waals surface area contributed by atoms with Gasteiger partial charge in [0.15, 0.2) is 9.84 Å². The van der Waals surface area contributed by atoms with Crippen LogP contribution >= 0.6 is 0 Å². The van der Waals surface area contributed by atoms with Gasteiger partial charge in [-0.15, -0.1) is 0 Å². The quantitative estimate of drug-likeness (QED) is 0.788. The van der Waals surface area contributed by atoms with E-state index in [9.17, 15) is 18.3 Å². The second-order valence-electron chi connectivity index (χ2n) is 5.41. The number of amides is 1. The highest BCUT2D eigenvalue weighted by atomic mass is 32.2. The SMILES string of the molecule is CCS(=O)(=O)c1ccc(C(CO)NC(=O)OCc2ccccc2)cc1. The first-order valence-corrected chi connectivity index (χ1v) is 9.52. The molecule has 0 aliphatic heterocycles. The first-order chi connectivity index (χ1) is 12.0. The molecule has 0 saturated heterocycles. The van der Waals surface area contributed by atoms with E-state index in [0.717, 1.165) is 5.56 Å². The maximum Gasteiger partial charge on any atom is 0.408 e. The number of alkyl carbamates (subject to hydrolysis) is 1. The summed E-state index contributed by atoms with van der Waals surface area (Å²) >= 11 is 0. The van der Waals surface area contributed by atoms with Crippen LogP contribution in [0.4, 0.5) is 4.79 Å². The summed E-state index contributed by atoms with van der Waals surface area (Å²) in [5.74, 6) is 0.0137. The lowest BCUT2D eigenvalue weighted by molar-refractivity contribution is 0.129. The number of hydrogen-bond acceptors (Lipinski definition) is 5. The van der Waals surface area contributed by atoms with Gasteiger partial charge in [-0.25, -0.2) is 13.2 Å². The maximum atomic E-state index is 11.9. The average Bonchev–Trinajstić information content (AvgIpc) is 2.65. The van der Waals surface area contributed by atoms with Gasteiger partial charge >= 0.3 is 6.09 Å². The molecular formula is C18H21NO5S. The fourth-order valence-electron chi connectivity index (χ4n) is 2.22. The van der Waals surface area contributed by atoms with Crippen molar-refractivity contribution in [1.29, 1.82) is 0 Å². The molecular weight excluding hydrogens is 342 g/mol. The molecule has 0 spiro atoms. The zero-order chi connectivity index (χ0) is 18.3. The molecule has 1 atom stereocenters. The molecule has 1 amide bonds. The third-order valence-corrected chi connectivity index (χ3v) is 5.46. The van der Waals surface area contributed by atoms with Gasteiger partial charge in [-0.2, -0.15) is 0 Å². The van der Waals surface area contributed by atoms with Gasteiger partial charge in [0.2, 0.25) is 0 Å². The molecule has 6 nitrogen and oxygen atoms in total. The lowest BCUT2D eigenvalue weighted by Crippen LogP contribution is -2.31. The van der Waals surface area contributed by atoms with Crippen molar-refractivity contribution in [3.63, 3.8) is 0 Å². The summed E-state index contributed by atoms with van der Waals surface area (Å²) in [5.41, 5.74) is 1.45. The summed E-state index contributed by atoms with van der Waals surface area (Å²) in [7, 11) is -3.28. The smallest absolute Gasteiger partial charge is 0.408 e. The van der Waals surface area contributed by atoms with E-state index >= 15 is 0 Å². The standard InChI is InChI=1S/C18H21NO5S/c1-2-25(22,23)16-10-8-15(9-11-16)17(12-20)19-18(21)24-13-14-6-4-3-5-7-14/h3-11,17,20H,2,12-13H2,1H3,(H,19,21). The van der Waals surface area contributed by atoms with Crippen LogP contribution in [0.1, 0.15) is 24.1 Å². The Morgan fingerprint density at radius 2 is 1.76 bits per heavy atom. The van der Waals surface area contributed by atoms with Gasteiger partial charge in [0.1, 0.15) is 6.61 Å². The van der Waals surface area contributed by atoms with Crippen LogP contribution in [-0.4, -0.2) is 32.0 Å². The van der Waals surface area contributed by atoms with Crippen LogP contribution in [0.5, 0.6) is 0 Å². The number of benzene rings is 2. The Morgan fingerprint density at radius 1 is 1.12 bits per heavy atom. The Kier molecular flexibility index (Phi) is 6.55. The van der Waals surface area contributed by atoms with Gasteiger partial charge in [-0.1, -0.05) is 49.4 Å². The number of carbonyl (C=O) groups is 1. The summed E-state index contributed by atoms with van der Waals surface area (Å²) in [6, 6.07) is 14.6. The Bertz CT molecular complexity index is 788. The Hall–Kier alpha value is -2.38. The summed E-state index contributed by atoms with van der Waals surface area (Å²) in [6.07, 6.45) is -0.659. The van der Waals surface area contributed by atoms with Crippen LogP contribution in [0.3, 0.4) is 0 Å².